The Morgan fingerprint density at radius 2 is 0.336 bits per heavy atom. The minimum atomic E-state index is -0.757. The third kappa shape index (κ3) is 16.3. The molecule has 0 N–H and O–H groups in total. The fraction of sp³-hybridized carbons (Fsp3) is 0.310. The van der Waals surface area contributed by atoms with Gasteiger partial charge in [-0.05, 0) is 458 Å². The summed E-state index contributed by atoms with van der Waals surface area (Å²) in [6.45, 7) is 60.9. The lowest BCUT2D eigenvalue weighted by Gasteiger charge is -2.41. The predicted octanol–water partition coefficient (Wildman–Crippen LogP) is 28.4. The second kappa shape index (κ2) is 32.0. The lowest BCUT2D eigenvalue weighted by atomic mass is 9.62. The molecule has 0 saturated carbocycles. The number of benzene rings is 13. The van der Waals surface area contributed by atoms with E-state index in [4.69, 9.17) is 0 Å². The highest BCUT2D eigenvalue weighted by Crippen LogP contribution is 2.51. The van der Waals surface area contributed by atoms with Crippen molar-refractivity contribution in [3.63, 3.8) is 0 Å². The Hall–Kier alpha value is -10.1. The van der Waals surface area contributed by atoms with Crippen LogP contribution in [0.3, 0.4) is 0 Å². The summed E-state index contributed by atoms with van der Waals surface area (Å²) in [6.07, 6.45) is 4.96. The average molecular weight is 1480 g/mol. The van der Waals surface area contributed by atoms with Crippen LogP contribution < -0.4 is 0 Å². The molecule has 0 heterocycles. The first-order valence-electron chi connectivity index (χ1n) is 41.7. The Labute approximate surface area is 681 Å². The Balaban J connectivity index is 1.21. The van der Waals surface area contributed by atoms with Gasteiger partial charge in [-0.2, -0.15) is 0 Å². The SMILES string of the molecule is Cc1cc(Cc2ccc(C)c(C)c2)cc(C(C)(c2cc(C(C)(c3cc(C)c(C)c(Cc4ccc(C)c(C)c4)c3)c3cc(C)c(C)c(Cc4ccc(C)c(C)c4)c3)cc(C(C)(c3cc(C)c(C)c(Cc4ccc(C)c(C)c4)c3)c3cc(C)c(C)c(Cc4ccc(C)c(C)c4)c3)c2)c2cc(C)c(C)c(Cc3ccc(C)c(C)c3)c2)c1. The van der Waals surface area contributed by atoms with Crippen molar-refractivity contribution >= 4 is 0 Å². The van der Waals surface area contributed by atoms with E-state index in [1.807, 2.05) is 0 Å². The standard InChI is InChI=1S/C113H124/c1-67-39-96(52-90-33-27-68(2)74(8)41-90)58-102(40-67)111(24,103-47-80(14)85(19)97(59-103)53-91-34-28-69(3)75(9)42-91)108-64-109(112(25,104-48-81(15)86(20)98(60-104)54-92-35-29-70(4)76(10)43-92)105-49-82(16)87(21)99(61-105)55-93-36-30-71(5)77(11)44-93)66-110(65-108)113(26,106-50-83(17)88(22)100(62-106)56-94-37-31-72(6)78(12)45-94)107-51-84(18)89(23)101(63-107)57-95-38-32-73(7)79(13)46-95/h27-51,58-66H,52-57H2,1-26H3. The van der Waals surface area contributed by atoms with Gasteiger partial charge < -0.3 is 0 Å². The summed E-state index contributed by atoms with van der Waals surface area (Å²) in [5.74, 6) is 0. The highest BCUT2D eigenvalue weighted by Gasteiger charge is 2.42. The van der Waals surface area contributed by atoms with E-state index < -0.39 is 16.2 Å². The quantitative estimate of drug-likeness (QED) is 0.0629. The molecule has 1 atom stereocenters. The van der Waals surface area contributed by atoms with Crippen molar-refractivity contribution < 1.29 is 0 Å². The number of hydrogen-bond donors (Lipinski definition) is 0. The van der Waals surface area contributed by atoms with Crippen LogP contribution in [0, 0.1) is 159 Å². The van der Waals surface area contributed by atoms with Crippen molar-refractivity contribution in [2.75, 3.05) is 0 Å². The zero-order valence-corrected chi connectivity index (χ0v) is 73.4. The number of rotatable bonds is 21. The number of aryl methyl sites for hydroxylation is 18. The molecule has 0 aliphatic rings. The topological polar surface area (TPSA) is 0 Å². The Kier molecular flexibility index (Phi) is 22.9. The third-order valence-electron chi connectivity index (χ3n) is 27.9. The molecule has 576 valence electrons. The van der Waals surface area contributed by atoms with Gasteiger partial charge in [-0.25, -0.2) is 0 Å². The van der Waals surface area contributed by atoms with Crippen molar-refractivity contribution in [2.24, 2.45) is 0 Å². The molecule has 13 aromatic rings. The van der Waals surface area contributed by atoms with E-state index in [2.05, 4.69) is 386 Å². The zero-order valence-electron chi connectivity index (χ0n) is 73.4. The van der Waals surface area contributed by atoms with Crippen LogP contribution in [-0.2, 0) is 54.8 Å². The minimum Gasteiger partial charge on any atom is -0.0588 e. The van der Waals surface area contributed by atoms with Crippen LogP contribution in [0.2, 0.25) is 0 Å². The van der Waals surface area contributed by atoms with Gasteiger partial charge >= 0.3 is 0 Å². The molecule has 13 rings (SSSR count). The van der Waals surface area contributed by atoms with Crippen molar-refractivity contribution in [1.29, 1.82) is 0 Å². The molecule has 0 aromatic heterocycles. The van der Waals surface area contributed by atoms with E-state index in [0.29, 0.717) is 0 Å². The summed E-state index contributed by atoms with van der Waals surface area (Å²) in [5, 5.41) is 0. The lowest BCUT2D eigenvalue weighted by Crippen LogP contribution is -2.33. The van der Waals surface area contributed by atoms with E-state index in [-0.39, 0.29) is 0 Å². The van der Waals surface area contributed by atoms with Crippen molar-refractivity contribution in [3.8, 4) is 0 Å². The van der Waals surface area contributed by atoms with Crippen LogP contribution in [0.4, 0.5) is 0 Å². The normalized spacial score (nSPS) is 12.4. The fourth-order valence-electron chi connectivity index (χ4n) is 18.1. The van der Waals surface area contributed by atoms with Gasteiger partial charge in [0.15, 0.2) is 0 Å². The van der Waals surface area contributed by atoms with Gasteiger partial charge in [0, 0.05) is 16.2 Å². The van der Waals surface area contributed by atoms with Gasteiger partial charge in [0.05, 0.1) is 0 Å². The van der Waals surface area contributed by atoms with Crippen molar-refractivity contribution in [2.45, 2.75) is 235 Å². The summed E-state index contributed by atoms with van der Waals surface area (Å²) in [7, 11) is 0. The molecule has 1 unspecified atom stereocenters. The summed E-state index contributed by atoms with van der Waals surface area (Å²) in [4.78, 5) is 0. The van der Waals surface area contributed by atoms with Gasteiger partial charge in [0.2, 0.25) is 0 Å². The van der Waals surface area contributed by atoms with Crippen LogP contribution in [0.5, 0.6) is 0 Å². The Morgan fingerprint density at radius 3 is 0.540 bits per heavy atom. The van der Waals surface area contributed by atoms with Gasteiger partial charge in [0.1, 0.15) is 0 Å². The molecule has 0 nitrogen and oxygen atoms in total. The predicted molar refractivity (Wildman–Crippen MR) is 486 cm³/mol. The van der Waals surface area contributed by atoms with E-state index in [9.17, 15) is 0 Å². The Morgan fingerprint density at radius 1 is 0.150 bits per heavy atom. The van der Waals surface area contributed by atoms with Gasteiger partial charge in [-0.15, -0.1) is 0 Å². The molecule has 0 amide bonds. The molecular weight excluding hydrogens is 1360 g/mol. The third-order valence-corrected chi connectivity index (χ3v) is 27.9. The average Bonchev–Trinajstić information content (AvgIpc) is 0.713. The highest BCUT2D eigenvalue weighted by atomic mass is 14.4. The van der Waals surface area contributed by atoms with Crippen LogP contribution in [0.1, 0.15) is 266 Å². The second-order valence-corrected chi connectivity index (χ2v) is 35.8. The van der Waals surface area contributed by atoms with Crippen molar-refractivity contribution in [3.05, 3.63) is 451 Å². The molecule has 0 fully saturated rings. The largest absolute Gasteiger partial charge is 0.0588 e. The van der Waals surface area contributed by atoms with Gasteiger partial charge in [-0.1, -0.05) is 212 Å². The van der Waals surface area contributed by atoms with Gasteiger partial charge in [0.25, 0.3) is 0 Å². The number of hydrogen-bond acceptors (Lipinski definition) is 0. The van der Waals surface area contributed by atoms with Gasteiger partial charge in [-0.3, -0.25) is 0 Å². The lowest BCUT2D eigenvalue weighted by molar-refractivity contribution is 0.640. The molecule has 13 aromatic carbocycles. The molecular formula is C113H124. The van der Waals surface area contributed by atoms with Crippen LogP contribution in [-0.4, -0.2) is 0 Å². The fourth-order valence-corrected chi connectivity index (χ4v) is 18.1. The minimum absolute atomic E-state index is 0.752. The van der Waals surface area contributed by atoms with E-state index in [1.54, 1.807) is 0 Å². The molecule has 0 radical (unpaired) electrons. The van der Waals surface area contributed by atoms with Crippen LogP contribution in [0.15, 0.2) is 206 Å². The molecule has 0 spiro atoms. The van der Waals surface area contributed by atoms with E-state index >= 15 is 0 Å². The zero-order chi connectivity index (χ0) is 81.2. The summed E-state index contributed by atoms with van der Waals surface area (Å²) in [5.41, 5.74) is 55.8. The molecule has 0 bridgehead atoms. The van der Waals surface area contributed by atoms with Crippen LogP contribution >= 0.6 is 0 Å². The summed E-state index contributed by atoms with van der Waals surface area (Å²) >= 11 is 0. The van der Waals surface area contributed by atoms with E-state index in [0.717, 1.165) is 38.5 Å². The maximum Gasteiger partial charge on any atom is 0.0423 e. The summed E-state index contributed by atoms with van der Waals surface area (Å²) in [6, 6.07) is 84.4. The Bertz CT molecular complexity index is 5420. The monoisotopic (exact) mass is 1480 g/mol. The summed E-state index contributed by atoms with van der Waals surface area (Å²) < 4.78 is 0. The van der Waals surface area contributed by atoms with E-state index in [1.165, 1.54) is 245 Å². The first kappa shape index (κ1) is 80.9. The second-order valence-electron chi connectivity index (χ2n) is 35.8. The smallest absolute Gasteiger partial charge is 0.0423 e. The molecule has 0 saturated heterocycles. The maximum absolute atomic E-state index is 2.73. The molecule has 113 heavy (non-hydrogen) atoms. The molecule has 0 aliphatic heterocycles. The molecule has 0 heteroatoms. The molecule has 0 aliphatic carbocycles. The maximum atomic E-state index is 2.73. The first-order valence-corrected chi connectivity index (χ1v) is 41.7. The van der Waals surface area contributed by atoms with Crippen LogP contribution in [0.25, 0.3) is 0 Å². The van der Waals surface area contributed by atoms with Crippen molar-refractivity contribution in [1.82, 2.24) is 0 Å². The first-order chi connectivity index (χ1) is 53.5. The highest BCUT2D eigenvalue weighted by molar-refractivity contribution is 5.66.